The number of nitrogens with zero attached hydrogens (tertiary/aromatic N) is 2. The standard InChI is InChI=1S/C18H18N4O3/c1-11(2)22-7-3-4-14(22)18(23)20-17-13(9-19-21-17)12-5-6-15-16(8-12)25-10-24-15/h3-9,11H,10H2,1-2H3,(H2,19,20,21,23). The third-order valence-electron chi connectivity index (χ3n) is 4.13. The van der Waals surface area contributed by atoms with Crippen LogP contribution < -0.4 is 14.8 Å². The number of anilines is 1. The molecule has 0 spiro atoms. The van der Waals surface area contributed by atoms with E-state index in [9.17, 15) is 4.79 Å². The van der Waals surface area contributed by atoms with Crippen LogP contribution in [0.4, 0.5) is 5.82 Å². The van der Waals surface area contributed by atoms with Crippen LogP contribution in [0.2, 0.25) is 0 Å². The minimum atomic E-state index is -0.190. The van der Waals surface area contributed by atoms with Crippen molar-refractivity contribution < 1.29 is 14.3 Å². The summed E-state index contributed by atoms with van der Waals surface area (Å²) in [5.74, 6) is 1.75. The number of aromatic nitrogens is 3. The third kappa shape index (κ3) is 2.73. The van der Waals surface area contributed by atoms with Crippen molar-refractivity contribution in [3.63, 3.8) is 0 Å². The molecular weight excluding hydrogens is 320 g/mol. The van der Waals surface area contributed by atoms with Crippen molar-refractivity contribution in [3.05, 3.63) is 48.4 Å². The lowest BCUT2D eigenvalue weighted by Crippen LogP contribution is -2.18. The van der Waals surface area contributed by atoms with Gasteiger partial charge in [0.15, 0.2) is 11.5 Å². The van der Waals surface area contributed by atoms with Gasteiger partial charge in [-0.25, -0.2) is 0 Å². The molecule has 0 aliphatic carbocycles. The minimum Gasteiger partial charge on any atom is -0.454 e. The monoisotopic (exact) mass is 338 g/mol. The summed E-state index contributed by atoms with van der Waals surface area (Å²) in [6, 6.07) is 9.49. The van der Waals surface area contributed by atoms with Crippen LogP contribution in [0.3, 0.4) is 0 Å². The van der Waals surface area contributed by atoms with Gasteiger partial charge in [0.25, 0.3) is 5.91 Å². The van der Waals surface area contributed by atoms with E-state index in [2.05, 4.69) is 15.5 Å². The molecule has 2 N–H and O–H groups in total. The summed E-state index contributed by atoms with van der Waals surface area (Å²) in [5, 5.41) is 9.82. The summed E-state index contributed by atoms with van der Waals surface area (Å²) in [5.41, 5.74) is 2.27. The molecule has 0 unspecified atom stereocenters. The van der Waals surface area contributed by atoms with Gasteiger partial charge in [0.05, 0.1) is 6.20 Å². The third-order valence-corrected chi connectivity index (χ3v) is 4.13. The van der Waals surface area contributed by atoms with Crippen LogP contribution >= 0.6 is 0 Å². The molecule has 0 saturated heterocycles. The largest absolute Gasteiger partial charge is 0.454 e. The number of aromatic amines is 1. The molecular formula is C18H18N4O3. The Kier molecular flexibility index (Phi) is 3.68. The average Bonchev–Trinajstić information content (AvgIpc) is 3.33. The Labute approximate surface area is 144 Å². The maximum absolute atomic E-state index is 12.6. The van der Waals surface area contributed by atoms with Crippen LogP contribution in [0.25, 0.3) is 11.1 Å². The van der Waals surface area contributed by atoms with E-state index < -0.39 is 0 Å². The number of hydrogen-bond donors (Lipinski definition) is 2. The zero-order valence-corrected chi connectivity index (χ0v) is 13.9. The van der Waals surface area contributed by atoms with E-state index in [1.165, 1.54) is 0 Å². The molecule has 7 heteroatoms. The lowest BCUT2D eigenvalue weighted by Gasteiger charge is -2.13. The molecule has 4 rings (SSSR count). The molecule has 1 amide bonds. The predicted octanol–water partition coefficient (Wildman–Crippen LogP) is 3.44. The SMILES string of the molecule is CC(C)n1cccc1C(=O)Nc1[nH]ncc1-c1ccc2c(c1)OCO2. The molecule has 7 nitrogen and oxygen atoms in total. The number of benzene rings is 1. The summed E-state index contributed by atoms with van der Waals surface area (Å²) in [6.07, 6.45) is 3.57. The van der Waals surface area contributed by atoms with Crippen LogP contribution in [-0.2, 0) is 0 Å². The predicted molar refractivity (Wildman–Crippen MR) is 92.9 cm³/mol. The van der Waals surface area contributed by atoms with Gasteiger partial charge in [-0.05, 0) is 43.7 Å². The van der Waals surface area contributed by atoms with Crippen molar-refractivity contribution in [2.45, 2.75) is 19.9 Å². The maximum atomic E-state index is 12.6. The van der Waals surface area contributed by atoms with E-state index in [1.54, 1.807) is 12.3 Å². The van der Waals surface area contributed by atoms with Crippen LogP contribution in [0.5, 0.6) is 11.5 Å². The number of nitrogens with one attached hydrogen (secondary N) is 2. The molecule has 3 aromatic rings. The van der Waals surface area contributed by atoms with E-state index in [1.807, 2.05) is 48.9 Å². The molecule has 1 aromatic carbocycles. The van der Waals surface area contributed by atoms with Crippen molar-refractivity contribution in [2.24, 2.45) is 0 Å². The maximum Gasteiger partial charge on any atom is 0.273 e. The van der Waals surface area contributed by atoms with E-state index in [0.717, 1.165) is 11.1 Å². The molecule has 0 atom stereocenters. The second-order valence-electron chi connectivity index (χ2n) is 6.08. The Balaban J connectivity index is 1.62. The van der Waals surface area contributed by atoms with Gasteiger partial charge in [0, 0.05) is 17.8 Å². The fourth-order valence-electron chi connectivity index (χ4n) is 2.88. The summed E-state index contributed by atoms with van der Waals surface area (Å²) in [6.45, 7) is 4.29. The summed E-state index contributed by atoms with van der Waals surface area (Å²) >= 11 is 0. The van der Waals surface area contributed by atoms with Gasteiger partial charge < -0.3 is 19.4 Å². The Morgan fingerprint density at radius 2 is 2.12 bits per heavy atom. The molecule has 1 aliphatic rings. The van der Waals surface area contributed by atoms with Crippen LogP contribution in [0.15, 0.2) is 42.7 Å². The molecule has 3 heterocycles. The van der Waals surface area contributed by atoms with Crippen LogP contribution in [-0.4, -0.2) is 27.5 Å². The van der Waals surface area contributed by atoms with E-state index in [0.29, 0.717) is 23.0 Å². The number of amides is 1. The van der Waals surface area contributed by atoms with E-state index in [4.69, 9.17) is 9.47 Å². The van der Waals surface area contributed by atoms with Gasteiger partial charge in [0.1, 0.15) is 11.5 Å². The zero-order chi connectivity index (χ0) is 17.4. The van der Waals surface area contributed by atoms with Gasteiger partial charge in [-0.15, -0.1) is 0 Å². The topological polar surface area (TPSA) is 81.2 Å². The molecule has 0 radical (unpaired) electrons. The number of rotatable bonds is 4. The minimum absolute atomic E-state index is 0.190. The summed E-state index contributed by atoms with van der Waals surface area (Å²) in [4.78, 5) is 12.6. The fraction of sp³-hybridized carbons (Fsp3) is 0.222. The number of H-pyrrole nitrogens is 1. The quantitative estimate of drug-likeness (QED) is 0.763. The Morgan fingerprint density at radius 1 is 1.28 bits per heavy atom. The lowest BCUT2D eigenvalue weighted by atomic mass is 10.1. The zero-order valence-electron chi connectivity index (χ0n) is 13.9. The van der Waals surface area contributed by atoms with Crippen LogP contribution in [0, 0.1) is 0 Å². The van der Waals surface area contributed by atoms with E-state index >= 15 is 0 Å². The van der Waals surface area contributed by atoms with Crippen LogP contribution in [0.1, 0.15) is 30.4 Å². The summed E-state index contributed by atoms with van der Waals surface area (Å²) in [7, 11) is 0. The highest BCUT2D eigenvalue weighted by molar-refractivity contribution is 6.04. The van der Waals surface area contributed by atoms with Gasteiger partial charge in [-0.3, -0.25) is 9.89 Å². The Hall–Kier alpha value is -3.22. The fourth-order valence-corrected chi connectivity index (χ4v) is 2.88. The van der Waals surface area contributed by atoms with Gasteiger partial charge >= 0.3 is 0 Å². The second kappa shape index (κ2) is 6.01. The molecule has 2 aromatic heterocycles. The molecule has 1 aliphatic heterocycles. The first kappa shape index (κ1) is 15.3. The second-order valence-corrected chi connectivity index (χ2v) is 6.08. The number of carbonyl (C=O) groups is 1. The Morgan fingerprint density at radius 3 is 2.96 bits per heavy atom. The number of ether oxygens (including phenoxy) is 2. The molecule has 0 fully saturated rings. The summed E-state index contributed by atoms with van der Waals surface area (Å²) < 4.78 is 12.7. The molecule has 25 heavy (non-hydrogen) atoms. The smallest absolute Gasteiger partial charge is 0.273 e. The number of carbonyl (C=O) groups excluding carboxylic acids is 1. The lowest BCUT2D eigenvalue weighted by molar-refractivity contribution is 0.101. The van der Waals surface area contributed by atoms with Crippen molar-refractivity contribution >= 4 is 11.7 Å². The highest BCUT2D eigenvalue weighted by Crippen LogP contribution is 2.37. The first-order valence-corrected chi connectivity index (χ1v) is 8.05. The van der Waals surface area contributed by atoms with Crippen molar-refractivity contribution in [2.75, 3.05) is 12.1 Å². The van der Waals surface area contributed by atoms with E-state index in [-0.39, 0.29) is 18.7 Å². The van der Waals surface area contributed by atoms with Crippen molar-refractivity contribution in [1.29, 1.82) is 0 Å². The van der Waals surface area contributed by atoms with Gasteiger partial charge in [-0.1, -0.05) is 6.07 Å². The number of fused-ring (bicyclic) bond motifs is 1. The molecule has 0 saturated carbocycles. The first-order valence-electron chi connectivity index (χ1n) is 8.05. The first-order chi connectivity index (χ1) is 12.1. The molecule has 128 valence electrons. The highest BCUT2D eigenvalue weighted by atomic mass is 16.7. The van der Waals surface area contributed by atoms with Crippen molar-refractivity contribution in [3.8, 4) is 22.6 Å². The normalized spacial score (nSPS) is 12.6. The highest BCUT2D eigenvalue weighted by Gasteiger charge is 2.19. The Bertz CT molecular complexity index is 926. The van der Waals surface area contributed by atoms with Gasteiger partial charge in [0.2, 0.25) is 6.79 Å². The van der Waals surface area contributed by atoms with Gasteiger partial charge in [-0.2, -0.15) is 5.10 Å². The van der Waals surface area contributed by atoms with Crippen molar-refractivity contribution in [1.82, 2.24) is 14.8 Å². The molecule has 0 bridgehead atoms. The average molecular weight is 338 g/mol. The number of hydrogen-bond acceptors (Lipinski definition) is 4.